The number of likely N-dealkylation sites (tertiary alicyclic amines) is 1. The molecule has 0 aliphatic carbocycles. The first kappa shape index (κ1) is 20.9. The molecule has 1 aliphatic rings. The maximum atomic E-state index is 12.8. The molecule has 0 spiro atoms. The van der Waals surface area contributed by atoms with Gasteiger partial charge in [-0.15, -0.1) is 0 Å². The summed E-state index contributed by atoms with van der Waals surface area (Å²) in [4.78, 5) is 19.1. The Morgan fingerprint density at radius 1 is 1.23 bits per heavy atom. The number of hydrogen-bond acceptors (Lipinski definition) is 5. The van der Waals surface area contributed by atoms with Crippen molar-refractivity contribution in [3.63, 3.8) is 0 Å². The van der Waals surface area contributed by atoms with E-state index < -0.39 is 0 Å². The Hall–Kier alpha value is -3.38. The SMILES string of the molecule is COc1cc(C(=O)C=CN2CC(CO)C(c3ccccc3)C2)ccc1-n1cnc(C)c1. The quantitative estimate of drug-likeness (QED) is 0.470. The van der Waals surface area contributed by atoms with Gasteiger partial charge >= 0.3 is 0 Å². The average molecular weight is 418 g/mol. The molecule has 0 saturated carbocycles. The molecule has 0 radical (unpaired) electrons. The molecule has 6 nitrogen and oxygen atoms in total. The number of aliphatic hydroxyl groups excluding tert-OH is 1. The van der Waals surface area contributed by atoms with Crippen LogP contribution < -0.4 is 4.74 Å². The molecule has 0 amide bonds. The average Bonchev–Trinajstić information content (AvgIpc) is 3.43. The molecule has 2 atom stereocenters. The summed E-state index contributed by atoms with van der Waals surface area (Å²) in [5.41, 5.74) is 3.52. The smallest absolute Gasteiger partial charge is 0.187 e. The van der Waals surface area contributed by atoms with Crippen molar-refractivity contribution < 1.29 is 14.6 Å². The fourth-order valence-electron chi connectivity index (χ4n) is 4.16. The van der Waals surface area contributed by atoms with Crippen LogP contribution in [0.4, 0.5) is 0 Å². The summed E-state index contributed by atoms with van der Waals surface area (Å²) in [6.07, 6.45) is 7.07. The molecule has 160 valence electrons. The summed E-state index contributed by atoms with van der Waals surface area (Å²) in [5.74, 6) is 0.932. The lowest BCUT2D eigenvalue weighted by atomic mass is 9.90. The van der Waals surface area contributed by atoms with Crippen molar-refractivity contribution >= 4 is 5.78 Å². The maximum Gasteiger partial charge on any atom is 0.187 e. The van der Waals surface area contributed by atoms with E-state index in [4.69, 9.17) is 4.74 Å². The number of carbonyl (C=O) groups is 1. The van der Waals surface area contributed by atoms with E-state index in [1.54, 1.807) is 31.6 Å². The second-order valence-electron chi connectivity index (χ2n) is 7.90. The molecule has 4 rings (SSSR count). The highest BCUT2D eigenvalue weighted by molar-refractivity contribution is 6.04. The number of aromatic nitrogens is 2. The zero-order chi connectivity index (χ0) is 21.8. The molecule has 31 heavy (non-hydrogen) atoms. The Morgan fingerprint density at radius 3 is 2.71 bits per heavy atom. The van der Waals surface area contributed by atoms with E-state index in [-0.39, 0.29) is 24.2 Å². The molecule has 1 aliphatic heterocycles. The number of nitrogens with zero attached hydrogens (tertiary/aromatic N) is 3. The first-order chi connectivity index (χ1) is 15.1. The van der Waals surface area contributed by atoms with E-state index in [0.29, 0.717) is 11.3 Å². The van der Waals surface area contributed by atoms with E-state index >= 15 is 0 Å². The van der Waals surface area contributed by atoms with E-state index in [9.17, 15) is 9.90 Å². The molecule has 3 aromatic rings. The summed E-state index contributed by atoms with van der Waals surface area (Å²) < 4.78 is 7.38. The summed E-state index contributed by atoms with van der Waals surface area (Å²) in [6, 6.07) is 15.7. The van der Waals surface area contributed by atoms with Crippen LogP contribution in [0, 0.1) is 12.8 Å². The highest BCUT2D eigenvalue weighted by Crippen LogP contribution is 2.32. The number of hydrogen-bond donors (Lipinski definition) is 1. The van der Waals surface area contributed by atoms with Crippen molar-refractivity contribution in [3.8, 4) is 11.4 Å². The van der Waals surface area contributed by atoms with Gasteiger partial charge in [-0.1, -0.05) is 30.3 Å². The van der Waals surface area contributed by atoms with Gasteiger partial charge in [0.15, 0.2) is 5.78 Å². The summed E-state index contributed by atoms with van der Waals surface area (Å²) in [6.45, 7) is 3.56. The Labute approximate surface area is 182 Å². The van der Waals surface area contributed by atoms with Crippen LogP contribution in [0.3, 0.4) is 0 Å². The summed E-state index contributed by atoms with van der Waals surface area (Å²) in [5, 5.41) is 9.81. The lowest BCUT2D eigenvalue weighted by Crippen LogP contribution is -2.15. The third-order valence-electron chi connectivity index (χ3n) is 5.82. The third kappa shape index (κ3) is 4.54. The highest BCUT2D eigenvalue weighted by atomic mass is 16.5. The van der Waals surface area contributed by atoms with Crippen LogP contribution in [0.2, 0.25) is 0 Å². The Balaban J connectivity index is 1.48. The fourth-order valence-corrected chi connectivity index (χ4v) is 4.16. The third-order valence-corrected chi connectivity index (χ3v) is 5.82. The van der Waals surface area contributed by atoms with Gasteiger partial charge in [-0.2, -0.15) is 0 Å². The number of ketones is 1. The van der Waals surface area contributed by atoms with Crippen LogP contribution in [0.15, 0.2) is 73.3 Å². The molecule has 1 N–H and O–H groups in total. The molecule has 1 aromatic heterocycles. The summed E-state index contributed by atoms with van der Waals surface area (Å²) >= 11 is 0. The van der Waals surface area contributed by atoms with Gasteiger partial charge < -0.3 is 19.3 Å². The van der Waals surface area contributed by atoms with E-state index in [0.717, 1.165) is 24.5 Å². The largest absolute Gasteiger partial charge is 0.495 e. The van der Waals surface area contributed by atoms with Crippen LogP contribution in [0.1, 0.15) is 27.5 Å². The number of ether oxygens (including phenoxy) is 1. The number of benzene rings is 2. The number of rotatable bonds is 7. The minimum absolute atomic E-state index is 0.0876. The highest BCUT2D eigenvalue weighted by Gasteiger charge is 2.31. The Kier molecular flexibility index (Phi) is 6.18. The van der Waals surface area contributed by atoms with Gasteiger partial charge in [-0.3, -0.25) is 4.79 Å². The van der Waals surface area contributed by atoms with Gasteiger partial charge in [0.2, 0.25) is 0 Å². The second kappa shape index (κ2) is 9.18. The number of aliphatic hydroxyl groups is 1. The van der Waals surface area contributed by atoms with E-state index in [1.807, 2.05) is 48.2 Å². The zero-order valence-electron chi connectivity index (χ0n) is 17.8. The Morgan fingerprint density at radius 2 is 2.03 bits per heavy atom. The predicted octanol–water partition coefficient (Wildman–Crippen LogP) is 3.59. The fraction of sp³-hybridized carbons (Fsp3) is 0.280. The first-order valence-electron chi connectivity index (χ1n) is 10.4. The second-order valence-corrected chi connectivity index (χ2v) is 7.90. The molecule has 1 saturated heterocycles. The van der Waals surface area contributed by atoms with Crippen molar-refractivity contribution in [1.29, 1.82) is 0 Å². The van der Waals surface area contributed by atoms with Crippen molar-refractivity contribution in [2.75, 3.05) is 26.8 Å². The molecule has 6 heteroatoms. The van der Waals surface area contributed by atoms with E-state index in [1.165, 1.54) is 5.56 Å². The lowest BCUT2D eigenvalue weighted by molar-refractivity contribution is 0.104. The monoisotopic (exact) mass is 417 g/mol. The Bertz CT molecular complexity index is 1070. The predicted molar refractivity (Wildman–Crippen MR) is 120 cm³/mol. The summed E-state index contributed by atoms with van der Waals surface area (Å²) in [7, 11) is 1.59. The molecular formula is C25H27N3O3. The van der Waals surface area contributed by atoms with Crippen LogP contribution in [-0.4, -0.2) is 52.1 Å². The van der Waals surface area contributed by atoms with Crippen LogP contribution in [0.25, 0.3) is 5.69 Å². The minimum Gasteiger partial charge on any atom is -0.495 e. The van der Waals surface area contributed by atoms with E-state index in [2.05, 4.69) is 22.0 Å². The van der Waals surface area contributed by atoms with Gasteiger partial charge in [0.05, 0.1) is 24.8 Å². The number of imidazole rings is 1. The standard InChI is InChI=1S/C25H27N3O3/c1-18-13-28(17-26-18)23-9-8-20(12-25(23)31-2)24(30)10-11-27-14-21(16-29)22(15-27)19-6-4-3-5-7-19/h3-13,17,21-22,29H,14-16H2,1-2H3. The normalized spacial score (nSPS) is 18.6. The number of carbonyl (C=O) groups excluding carboxylic acids is 1. The zero-order valence-corrected chi connectivity index (χ0v) is 17.8. The van der Waals surface area contributed by atoms with Crippen molar-refractivity contribution in [1.82, 2.24) is 14.5 Å². The van der Waals surface area contributed by atoms with Crippen molar-refractivity contribution in [3.05, 3.63) is 90.2 Å². The van der Waals surface area contributed by atoms with Gasteiger partial charge in [-0.05, 0) is 30.7 Å². The van der Waals surface area contributed by atoms with Crippen molar-refractivity contribution in [2.24, 2.45) is 5.92 Å². The minimum atomic E-state index is -0.0876. The van der Waals surface area contributed by atoms with Crippen LogP contribution in [-0.2, 0) is 0 Å². The van der Waals surface area contributed by atoms with Crippen molar-refractivity contribution in [2.45, 2.75) is 12.8 Å². The molecule has 2 aromatic carbocycles. The molecular weight excluding hydrogens is 390 g/mol. The molecule has 1 fully saturated rings. The first-order valence-corrected chi connectivity index (χ1v) is 10.4. The lowest BCUT2D eigenvalue weighted by Gasteiger charge is -2.15. The number of methoxy groups -OCH3 is 1. The number of allylic oxidation sites excluding steroid dienone is 1. The van der Waals surface area contributed by atoms with Crippen LogP contribution in [0.5, 0.6) is 5.75 Å². The molecule has 2 heterocycles. The topological polar surface area (TPSA) is 67.6 Å². The van der Waals surface area contributed by atoms with Gasteiger partial charge in [0, 0.05) is 55.6 Å². The molecule has 0 bridgehead atoms. The van der Waals surface area contributed by atoms with Gasteiger partial charge in [0.25, 0.3) is 0 Å². The molecule has 2 unspecified atom stereocenters. The van der Waals surface area contributed by atoms with Gasteiger partial charge in [-0.25, -0.2) is 4.98 Å². The number of aryl methyl sites for hydroxylation is 1. The maximum absolute atomic E-state index is 12.8. The van der Waals surface area contributed by atoms with Gasteiger partial charge in [0.1, 0.15) is 5.75 Å². The van der Waals surface area contributed by atoms with Crippen LogP contribution >= 0.6 is 0 Å².